The number of aryl methyl sites for hydroxylation is 1. The van der Waals surface area contributed by atoms with E-state index in [4.69, 9.17) is 18.9 Å². The Balaban J connectivity index is 1.39. The molecule has 0 spiro atoms. The van der Waals surface area contributed by atoms with Crippen molar-refractivity contribution >= 4 is 34.7 Å². The van der Waals surface area contributed by atoms with Gasteiger partial charge in [-0.3, -0.25) is 10.6 Å². The number of carbonyl (C=O) groups excluding carboxylic acids is 2. The summed E-state index contributed by atoms with van der Waals surface area (Å²) in [5.74, 6) is 1.56. The molecule has 0 saturated carbocycles. The number of anilines is 1. The van der Waals surface area contributed by atoms with E-state index < -0.39 is 17.8 Å². The maximum Gasteiger partial charge on any atom is 0.411 e. The largest absolute Gasteiger partial charge is 0.497 e. The number of ether oxygens (including phenoxy) is 4. The first-order valence-electron chi connectivity index (χ1n) is 16.5. The highest BCUT2D eigenvalue weighted by Gasteiger charge is 2.41. The van der Waals surface area contributed by atoms with Crippen LogP contribution in [0.3, 0.4) is 0 Å². The first-order chi connectivity index (χ1) is 23.4. The Morgan fingerprint density at radius 1 is 0.833 bits per heavy atom. The third-order valence-corrected chi connectivity index (χ3v) is 9.29. The van der Waals surface area contributed by atoms with Crippen LogP contribution in [0.5, 0.6) is 11.5 Å². The minimum Gasteiger partial charge on any atom is -0.497 e. The molecule has 7 rings (SSSR count). The molecule has 4 aromatic carbocycles. The molecule has 0 fully saturated rings. The number of rotatable bonds is 7. The standard InChI is InChI=1S/C40H38N2O6/c1-4-46-38(43)41-28-15-11-26(12-16-28)40(27-13-17-29(18-14-27)42-39(44)47-5-2)23-22-34-32-20-10-25-8-6-7-9-31(25)36(32)33-21-19-30(45-3)24-35(33)37(34)48-40/h6-9,11-13,15-17,19,21-24H,4-5,10,14,18,20H2,1-3H3,(H,41,43)(H,42,44). The third-order valence-electron chi connectivity index (χ3n) is 9.29. The number of alkyl carbamates (subject to hydrolysis) is 1. The minimum absolute atomic E-state index is 0.286. The van der Waals surface area contributed by atoms with Gasteiger partial charge in [0.2, 0.25) is 0 Å². The Kier molecular flexibility index (Phi) is 8.40. The van der Waals surface area contributed by atoms with Crippen molar-refractivity contribution in [1.29, 1.82) is 0 Å². The summed E-state index contributed by atoms with van der Waals surface area (Å²) in [6.07, 6.45) is 10.5. The van der Waals surface area contributed by atoms with Crippen LogP contribution in [0.15, 0.2) is 96.2 Å². The molecule has 8 heteroatoms. The second-order valence-corrected chi connectivity index (χ2v) is 12.0. The molecule has 0 aromatic heterocycles. The molecule has 0 saturated heterocycles. The van der Waals surface area contributed by atoms with Crippen molar-refractivity contribution < 1.29 is 28.5 Å². The van der Waals surface area contributed by atoms with E-state index in [2.05, 4.69) is 59.2 Å². The predicted octanol–water partition coefficient (Wildman–Crippen LogP) is 8.83. The Labute approximate surface area is 280 Å². The van der Waals surface area contributed by atoms with E-state index in [1.807, 2.05) is 42.5 Å². The quantitative estimate of drug-likeness (QED) is 0.209. The number of amides is 2. The number of carbonyl (C=O) groups is 2. The molecule has 2 amide bonds. The van der Waals surface area contributed by atoms with Gasteiger partial charge in [-0.05, 0) is 115 Å². The molecule has 3 aliphatic rings. The van der Waals surface area contributed by atoms with Gasteiger partial charge in [0.25, 0.3) is 0 Å². The second-order valence-electron chi connectivity index (χ2n) is 12.0. The molecule has 0 radical (unpaired) electrons. The maximum absolute atomic E-state index is 12.2. The Hall–Kier alpha value is -5.50. The van der Waals surface area contributed by atoms with Gasteiger partial charge in [0.05, 0.1) is 20.3 Å². The van der Waals surface area contributed by atoms with Crippen molar-refractivity contribution in [3.63, 3.8) is 0 Å². The van der Waals surface area contributed by atoms with E-state index in [1.165, 1.54) is 22.3 Å². The van der Waals surface area contributed by atoms with Crippen LogP contribution in [0.2, 0.25) is 0 Å². The smallest absolute Gasteiger partial charge is 0.411 e. The van der Waals surface area contributed by atoms with Crippen LogP contribution in [0.1, 0.15) is 48.9 Å². The van der Waals surface area contributed by atoms with Crippen molar-refractivity contribution in [1.82, 2.24) is 5.32 Å². The average molecular weight is 643 g/mol. The summed E-state index contributed by atoms with van der Waals surface area (Å²) in [6, 6.07) is 22.6. The van der Waals surface area contributed by atoms with Gasteiger partial charge in [-0.2, -0.15) is 0 Å². The number of nitrogens with one attached hydrogen (secondary N) is 2. The first kappa shape index (κ1) is 31.1. The van der Waals surface area contributed by atoms with Crippen LogP contribution < -0.4 is 20.1 Å². The van der Waals surface area contributed by atoms with Crippen LogP contribution in [0.25, 0.3) is 28.0 Å². The molecule has 1 heterocycles. The van der Waals surface area contributed by atoms with Crippen LogP contribution >= 0.6 is 0 Å². The van der Waals surface area contributed by atoms with E-state index in [-0.39, 0.29) is 6.61 Å². The van der Waals surface area contributed by atoms with Crippen LogP contribution in [0, 0.1) is 0 Å². The van der Waals surface area contributed by atoms with E-state index in [1.54, 1.807) is 21.0 Å². The fourth-order valence-corrected chi connectivity index (χ4v) is 7.08. The number of methoxy groups -OCH3 is 1. The summed E-state index contributed by atoms with van der Waals surface area (Å²) in [6.45, 7) is 4.14. The molecule has 1 aliphatic heterocycles. The molecule has 2 aliphatic carbocycles. The summed E-state index contributed by atoms with van der Waals surface area (Å²) >= 11 is 0. The monoisotopic (exact) mass is 642 g/mol. The zero-order valence-corrected chi connectivity index (χ0v) is 27.4. The lowest BCUT2D eigenvalue weighted by Gasteiger charge is -2.40. The van der Waals surface area contributed by atoms with Gasteiger partial charge < -0.3 is 18.9 Å². The molecule has 1 atom stereocenters. The summed E-state index contributed by atoms with van der Waals surface area (Å²) < 4.78 is 23.3. The normalized spacial score (nSPS) is 17.5. The van der Waals surface area contributed by atoms with Crippen molar-refractivity contribution in [3.05, 3.63) is 118 Å². The van der Waals surface area contributed by atoms with Crippen molar-refractivity contribution in [2.24, 2.45) is 0 Å². The van der Waals surface area contributed by atoms with Gasteiger partial charge in [0, 0.05) is 27.9 Å². The van der Waals surface area contributed by atoms with Gasteiger partial charge in [-0.25, -0.2) is 9.59 Å². The highest BCUT2D eigenvalue weighted by Crippen LogP contribution is 2.52. The SMILES string of the molecule is CCOC(=O)NC1=CC=C(C2(c3ccc(NC(=O)OCC)cc3)C=Cc3c4c(c5ccc(OC)cc5c3O2)-c2ccccc2CC4)CC1. The summed E-state index contributed by atoms with van der Waals surface area (Å²) in [5, 5.41) is 7.74. The van der Waals surface area contributed by atoms with Gasteiger partial charge in [-0.15, -0.1) is 0 Å². The van der Waals surface area contributed by atoms with Crippen LogP contribution in [-0.4, -0.2) is 32.5 Å². The minimum atomic E-state index is -0.960. The molecule has 0 bridgehead atoms. The number of fused-ring (bicyclic) bond motifs is 8. The second kappa shape index (κ2) is 13.0. The van der Waals surface area contributed by atoms with E-state index in [0.717, 1.165) is 57.5 Å². The van der Waals surface area contributed by atoms with Crippen molar-refractivity contribution in [3.8, 4) is 22.6 Å². The van der Waals surface area contributed by atoms with Crippen LogP contribution in [-0.2, 0) is 27.9 Å². The summed E-state index contributed by atoms with van der Waals surface area (Å²) in [7, 11) is 1.68. The third kappa shape index (κ3) is 5.57. The topological polar surface area (TPSA) is 95.1 Å². The van der Waals surface area contributed by atoms with E-state index in [0.29, 0.717) is 25.1 Å². The lowest BCUT2D eigenvalue weighted by atomic mass is 9.76. The zero-order valence-electron chi connectivity index (χ0n) is 27.4. The molecular formula is C40H38N2O6. The van der Waals surface area contributed by atoms with Gasteiger partial charge >= 0.3 is 12.2 Å². The van der Waals surface area contributed by atoms with E-state index in [9.17, 15) is 9.59 Å². The molecule has 244 valence electrons. The van der Waals surface area contributed by atoms with Crippen molar-refractivity contribution in [2.45, 2.75) is 45.1 Å². The number of allylic oxidation sites excluding steroid dienone is 3. The molecule has 4 aromatic rings. The highest BCUT2D eigenvalue weighted by molar-refractivity contribution is 6.06. The molecule has 48 heavy (non-hydrogen) atoms. The summed E-state index contributed by atoms with van der Waals surface area (Å²) in [5.41, 5.74) is 8.58. The summed E-state index contributed by atoms with van der Waals surface area (Å²) in [4.78, 5) is 24.3. The number of benzene rings is 4. The zero-order chi connectivity index (χ0) is 33.3. The number of hydrogen-bond donors (Lipinski definition) is 2. The molecular weight excluding hydrogens is 604 g/mol. The fourth-order valence-electron chi connectivity index (χ4n) is 7.08. The fraction of sp³-hybridized carbons (Fsp3) is 0.250. The van der Waals surface area contributed by atoms with E-state index >= 15 is 0 Å². The first-order valence-corrected chi connectivity index (χ1v) is 16.5. The lowest BCUT2D eigenvalue weighted by molar-refractivity contribution is 0.151. The van der Waals surface area contributed by atoms with Gasteiger partial charge in [0.1, 0.15) is 11.5 Å². The van der Waals surface area contributed by atoms with Gasteiger partial charge in [-0.1, -0.05) is 48.6 Å². The Bertz CT molecular complexity index is 2010. The van der Waals surface area contributed by atoms with Crippen LogP contribution in [0.4, 0.5) is 15.3 Å². The predicted molar refractivity (Wildman–Crippen MR) is 187 cm³/mol. The van der Waals surface area contributed by atoms with Gasteiger partial charge in [0.15, 0.2) is 5.60 Å². The van der Waals surface area contributed by atoms with Crippen molar-refractivity contribution in [2.75, 3.05) is 25.6 Å². The maximum atomic E-state index is 12.2. The highest BCUT2D eigenvalue weighted by atomic mass is 16.6. The molecule has 1 unspecified atom stereocenters. The molecule has 8 nitrogen and oxygen atoms in total. The molecule has 2 N–H and O–H groups in total. The number of hydrogen-bond acceptors (Lipinski definition) is 6. The lowest BCUT2D eigenvalue weighted by Crippen LogP contribution is -2.37. The Morgan fingerprint density at radius 3 is 2.33 bits per heavy atom. The Morgan fingerprint density at radius 2 is 1.60 bits per heavy atom. The average Bonchev–Trinajstić information content (AvgIpc) is 3.11.